The minimum Gasteiger partial charge on any atom is -0.468 e. The Hall–Kier alpha value is -1.58. The Morgan fingerprint density at radius 3 is 2.68 bits per heavy atom. The molecule has 1 atom stereocenters. The molecular formula is C16H22N2O. The van der Waals surface area contributed by atoms with E-state index in [4.69, 9.17) is 10.2 Å². The number of benzene rings is 1. The van der Waals surface area contributed by atoms with Gasteiger partial charge in [-0.25, -0.2) is 0 Å². The van der Waals surface area contributed by atoms with Crippen LogP contribution in [-0.2, 0) is 6.54 Å². The van der Waals surface area contributed by atoms with E-state index in [9.17, 15) is 0 Å². The van der Waals surface area contributed by atoms with E-state index in [1.165, 1.54) is 11.1 Å². The lowest BCUT2D eigenvalue weighted by atomic mass is 9.99. The summed E-state index contributed by atoms with van der Waals surface area (Å²) in [5.41, 5.74) is 8.78. The summed E-state index contributed by atoms with van der Waals surface area (Å²) in [7, 11) is 2.09. The van der Waals surface area contributed by atoms with E-state index in [2.05, 4.69) is 43.1 Å². The third kappa shape index (κ3) is 3.94. The highest BCUT2D eigenvalue weighted by Gasteiger charge is 2.10. The smallest absolute Gasteiger partial charge is 0.117 e. The number of hydrogen-bond donors (Lipinski definition) is 1. The molecule has 0 amide bonds. The fraction of sp³-hybridized carbons (Fsp3) is 0.375. The Morgan fingerprint density at radius 2 is 2.00 bits per heavy atom. The van der Waals surface area contributed by atoms with Gasteiger partial charge in [0.25, 0.3) is 0 Å². The van der Waals surface area contributed by atoms with Crippen molar-refractivity contribution < 1.29 is 4.42 Å². The first-order valence-corrected chi connectivity index (χ1v) is 6.69. The van der Waals surface area contributed by atoms with E-state index >= 15 is 0 Å². The first-order chi connectivity index (χ1) is 9.16. The molecule has 3 heteroatoms. The second-order valence-corrected chi connectivity index (χ2v) is 5.07. The van der Waals surface area contributed by atoms with Gasteiger partial charge in [-0.2, -0.15) is 0 Å². The lowest BCUT2D eigenvalue weighted by Gasteiger charge is -2.19. The van der Waals surface area contributed by atoms with Crippen molar-refractivity contribution in [2.45, 2.75) is 25.9 Å². The first kappa shape index (κ1) is 13.8. The minimum atomic E-state index is 0.0975. The highest BCUT2D eigenvalue weighted by atomic mass is 16.3. The van der Waals surface area contributed by atoms with Crippen LogP contribution in [0, 0.1) is 6.92 Å². The molecule has 3 nitrogen and oxygen atoms in total. The van der Waals surface area contributed by atoms with Crippen LogP contribution in [0.2, 0.25) is 0 Å². The van der Waals surface area contributed by atoms with E-state index < -0.39 is 0 Å². The molecule has 19 heavy (non-hydrogen) atoms. The first-order valence-electron chi connectivity index (χ1n) is 6.69. The van der Waals surface area contributed by atoms with Crippen molar-refractivity contribution in [1.29, 1.82) is 0 Å². The number of nitrogens with zero attached hydrogens (tertiary/aromatic N) is 1. The predicted molar refractivity (Wildman–Crippen MR) is 77.8 cm³/mol. The van der Waals surface area contributed by atoms with Gasteiger partial charge in [-0.1, -0.05) is 24.3 Å². The van der Waals surface area contributed by atoms with Gasteiger partial charge in [0.05, 0.1) is 12.8 Å². The molecule has 0 saturated carbocycles. The topological polar surface area (TPSA) is 42.4 Å². The number of nitrogens with two attached hydrogens (primary N) is 1. The molecule has 0 spiro atoms. The molecule has 0 saturated heterocycles. The number of hydrogen-bond acceptors (Lipinski definition) is 3. The average Bonchev–Trinajstić information content (AvgIpc) is 2.89. The standard InChI is InChI=1S/C16H22N2O/c1-13-6-3-4-8-15(13)16(17)9-10-18(2)12-14-7-5-11-19-14/h3-8,11,16H,9-10,12,17H2,1-2H3. The van der Waals surface area contributed by atoms with Crippen LogP contribution in [0.5, 0.6) is 0 Å². The van der Waals surface area contributed by atoms with Gasteiger partial charge in [-0.15, -0.1) is 0 Å². The van der Waals surface area contributed by atoms with Gasteiger partial charge < -0.3 is 10.2 Å². The molecular weight excluding hydrogens is 236 g/mol. The molecule has 2 rings (SSSR count). The second kappa shape index (κ2) is 6.55. The molecule has 2 N–H and O–H groups in total. The number of aryl methyl sites for hydroxylation is 1. The summed E-state index contributed by atoms with van der Waals surface area (Å²) in [4.78, 5) is 2.23. The normalized spacial score (nSPS) is 12.8. The van der Waals surface area contributed by atoms with Crippen molar-refractivity contribution in [3.05, 3.63) is 59.5 Å². The van der Waals surface area contributed by atoms with Gasteiger partial charge in [0, 0.05) is 12.6 Å². The molecule has 1 aromatic carbocycles. The zero-order valence-corrected chi connectivity index (χ0v) is 11.7. The SMILES string of the molecule is Cc1ccccc1C(N)CCN(C)Cc1ccco1. The average molecular weight is 258 g/mol. The van der Waals surface area contributed by atoms with Crippen LogP contribution >= 0.6 is 0 Å². The van der Waals surface area contributed by atoms with Crippen LogP contribution in [0.1, 0.15) is 29.3 Å². The van der Waals surface area contributed by atoms with Crippen molar-refractivity contribution in [2.24, 2.45) is 5.73 Å². The predicted octanol–water partition coefficient (Wildman–Crippen LogP) is 3.11. The van der Waals surface area contributed by atoms with Crippen LogP contribution in [0.4, 0.5) is 0 Å². The van der Waals surface area contributed by atoms with Gasteiger partial charge >= 0.3 is 0 Å². The van der Waals surface area contributed by atoms with E-state index in [1.54, 1.807) is 6.26 Å². The Kier molecular flexibility index (Phi) is 4.77. The van der Waals surface area contributed by atoms with Gasteiger partial charge in [0.1, 0.15) is 5.76 Å². The van der Waals surface area contributed by atoms with E-state index in [0.29, 0.717) is 0 Å². The monoisotopic (exact) mass is 258 g/mol. The lowest BCUT2D eigenvalue weighted by Crippen LogP contribution is -2.23. The molecule has 102 valence electrons. The Bertz CT molecular complexity index is 493. The summed E-state index contributed by atoms with van der Waals surface area (Å²) in [5, 5.41) is 0. The largest absolute Gasteiger partial charge is 0.468 e. The molecule has 1 aromatic heterocycles. The lowest BCUT2D eigenvalue weighted by molar-refractivity contribution is 0.284. The van der Waals surface area contributed by atoms with Crippen LogP contribution in [0.15, 0.2) is 47.1 Å². The van der Waals surface area contributed by atoms with Crippen molar-refractivity contribution in [3.63, 3.8) is 0 Å². The number of rotatable bonds is 6. The van der Waals surface area contributed by atoms with Crippen molar-refractivity contribution in [3.8, 4) is 0 Å². The molecule has 0 bridgehead atoms. The molecule has 0 aliphatic rings. The summed E-state index contributed by atoms with van der Waals surface area (Å²) in [6.45, 7) is 3.89. The summed E-state index contributed by atoms with van der Waals surface area (Å²) >= 11 is 0. The second-order valence-electron chi connectivity index (χ2n) is 5.07. The molecule has 1 unspecified atom stereocenters. The zero-order chi connectivity index (χ0) is 13.7. The van der Waals surface area contributed by atoms with Crippen LogP contribution in [0.25, 0.3) is 0 Å². The third-order valence-electron chi connectivity index (χ3n) is 3.42. The molecule has 1 heterocycles. The summed E-state index contributed by atoms with van der Waals surface area (Å²) in [6, 6.07) is 12.3. The number of furan rings is 1. The van der Waals surface area contributed by atoms with Gasteiger partial charge in [-0.05, 0) is 43.7 Å². The summed E-state index contributed by atoms with van der Waals surface area (Å²) < 4.78 is 5.34. The molecule has 0 aliphatic carbocycles. The van der Waals surface area contributed by atoms with Crippen molar-refractivity contribution in [2.75, 3.05) is 13.6 Å². The summed E-state index contributed by atoms with van der Waals surface area (Å²) in [5.74, 6) is 0.993. The Morgan fingerprint density at radius 1 is 1.21 bits per heavy atom. The molecule has 0 fully saturated rings. The fourth-order valence-electron chi connectivity index (χ4n) is 2.27. The zero-order valence-electron chi connectivity index (χ0n) is 11.7. The maximum Gasteiger partial charge on any atom is 0.117 e. The van der Waals surface area contributed by atoms with Gasteiger partial charge in [0.15, 0.2) is 0 Å². The third-order valence-corrected chi connectivity index (χ3v) is 3.42. The van der Waals surface area contributed by atoms with E-state index in [-0.39, 0.29) is 6.04 Å². The quantitative estimate of drug-likeness (QED) is 0.865. The Balaban J connectivity index is 1.83. The highest BCUT2D eigenvalue weighted by molar-refractivity contribution is 5.28. The van der Waals surface area contributed by atoms with Gasteiger partial charge in [0.2, 0.25) is 0 Å². The molecule has 2 aromatic rings. The highest BCUT2D eigenvalue weighted by Crippen LogP contribution is 2.18. The van der Waals surface area contributed by atoms with E-state index in [0.717, 1.165) is 25.3 Å². The summed E-state index contributed by atoms with van der Waals surface area (Å²) in [6.07, 6.45) is 2.66. The van der Waals surface area contributed by atoms with Gasteiger partial charge in [-0.3, -0.25) is 4.90 Å². The maximum atomic E-state index is 6.27. The molecule has 0 radical (unpaired) electrons. The maximum absolute atomic E-state index is 6.27. The Labute approximate surface area is 115 Å². The van der Waals surface area contributed by atoms with E-state index in [1.807, 2.05) is 12.1 Å². The molecule has 0 aliphatic heterocycles. The van der Waals surface area contributed by atoms with Crippen LogP contribution in [0.3, 0.4) is 0 Å². The fourth-order valence-corrected chi connectivity index (χ4v) is 2.27. The van der Waals surface area contributed by atoms with Crippen LogP contribution < -0.4 is 5.73 Å². The van der Waals surface area contributed by atoms with Crippen molar-refractivity contribution >= 4 is 0 Å². The minimum absolute atomic E-state index is 0.0975. The van der Waals surface area contributed by atoms with Crippen molar-refractivity contribution in [1.82, 2.24) is 4.90 Å². The van der Waals surface area contributed by atoms with Crippen LogP contribution in [-0.4, -0.2) is 18.5 Å².